The van der Waals surface area contributed by atoms with Crippen molar-refractivity contribution in [1.82, 2.24) is 10.0 Å². The van der Waals surface area contributed by atoms with Crippen molar-refractivity contribution in [3.8, 4) is 0 Å². The highest BCUT2D eigenvalue weighted by atomic mass is 16.5. The molecule has 24 heavy (non-hydrogen) atoms. The predicted molar refractivity (Wildman–Crippen MR) is 95.9 cm³/mol. The van der Waals surface area contributed by atoms with Gasteiger partial charge >= 0.3 is 0 Å². The van der Waals surface area contributed by atoms with Gasteiger partial charge in [-0.05, 0) is 54.3 Å². The van der Waals surface area contributed by atoms with Gasteiger partial charge in [0, 0.05) is 23.7 Å². The summed E-state index contributed by atoms with van der Waals surface area (Å²) in [4.78, 5) is 11.3. The summed E-state index contributed by atoms with van der Waals surface area (Å²) in [6.07, 6.45) is 6.37. The summed E-state index contributed by atoms with van der Waals surface area (Å²) in [7, 11) is 0. The number of hydroxylamine groups is 1. The summed E-state index contributed by atoms with van der Waals surface area (Å²) < 4.78 is 2.09. The maximum Gasteiger partial charge on any atom is 0.274 e. The first-order chi connectivity index (χ1) is 11.5. The van der Waals surface area contributed by atoms with E-state index in [0.29, 0.717) is 18.0 Å². The molecule has 0 aliphatic heterocycles. The molecule has 2 aromatic rings. The Labute approximate surface area is 142 Å². The Morgan fingerprint density at radius 3 is 2.71 bits per heavy atom. The Morgan fingerprint density at radius 2 is 2.08 bits per heavy atom. The van der Waals surface area contributed by atoms with Gasteiger partial charge in [-0.3, -0.25) is 10.0 Å². The number of nitrogens with two attached hydrogens (primary N) is 1. The maximum absolute atomic E-state index is 11.3. The first-order valence-electron chi connectivity index (χ1n) is 8.14. The van der Waals surface area contributed by atoms with Crippen LogP contribution < -0.4 is 21.8 Å². The SMILES string of the molecule is C=c1c(=CC(C)CCCN)ccn1Cc1ccc(C(=O)NO)cc1. The van der Waals surface area contributed by atoms with E-state index in [1.807, 2.05) is 18.3 Å². The number of rotatable bonds is 7. The van der Waals surface area contributed by atoms with Crippen LogP contribution in [0.5, 0.6) is 0 Å². The minimum Gasteiger partial charge on any atom is -0.344 e. The smallest absolute Gasteiger partial charge is 0.274 e. The zero-order valence-electron chi connectivity index (χ0n) is 14.0. The maximum atomic E-state index is 11.3. The number of amides is 1. The lowest BCUT2D eigenvalue weighted by molar-refractivity contribution is 0.0706. The molecule has 0 saturated carbocycles. The van der Waals surface area contributed by atoms with E-state index in [1.54, 1.807) is 17.6 Å². The van der Waals surface area contributed by atoms with Gasteiger partial charge in [-0.15, -0.1) is 0 Å². The number of hydrogen-bond donors (Lipinski definition) is 3. The number of hydrogen-bond acceptors (Lipinski definition) is 3. The monoisotopic (exact) mass is 327 g/mol. The molecule has 4 N–H and O–H groups in total. The van der Waals surface area contributed by atoms with Gasteiger partial charge in [-0.25, -0.2) is 5.48 Å². The molecule has 1 aromatic carbocycles. The molecule has 0 aliphatic carbocycles. The summed E-state index contributed by atoms with van der Waals surface area (Å²) in [6.45, 7) is 7.78. The van der Waals surface area contributed by atoms with Gasteiger partial charge in [0.15, 0.2) is 0 Å². The number of carbonyl (C=O) groups excluding carboxylic acids is 1. The van der Waals surface area contributed by atoms with Crippen molar-refractivity contribution < 1.29 is 10.0 Å². The van der Waals surface area contributed by atoms with Crippen molar-refractivity contribution >= 4 is 18.6 Å². The summed E-state index contributed by atoms with van der Waals surface area (Å²) in [5.74, 6) is -0.0371. The van der Waals surface area contributed by atoms with E-state index in [4.69, 9.17) is 10.9 Å². The van der Waals surface area contributed by atoms with E-state index >= 15 is 0 Å². The Hall–Kier alpha value is -2.37. The Kier molecular flexibility index (Phi) is 6.35. The zero-order valence-corrected chi connectivity index (χ0v) is 14.0. The Balaban J connectivity index is 2.13. The quantitative estimate of drug-likeness (QED) is 0.528. The number of carbonyl (C=O) groups is 1. The van der Waals surface area contributed by atoms with Gasteiger partial charge in [0.1, 0.15) is 0 Å². The number of nitrogens with one attached hydrogen (secondary N) is 1. The number of benzene rings is 1. The van der Waals surface area contributed by atoms with Gasteiger partial charge in [0.05, 0.1) is 0 Å². The molecule has 0 saturated heterocycles. The van der Waals surface area contributed by atoms with Crippen LogP contribution in [-0.2, 0) is 6.54 Å². The van der Waals surface area contributed by atoms with Crippen LogP contribution in [0, 0.1) is 5.92 Å². The van der Waals surface area contributed by atoms with E-state index in [9.17, 15) is 4.79 Å². The van der Waals surface area contributed by atoms with Crippen LogP contribution in [0.2, 0.25) is 0 Å². The van der Waals surface area contributed by atoms with Gasteiger partial charge in [-0.2, -0.15) is 0 Å². The van der Waals surface area contributed by atoms with E-state index in [2.05, 4.69) is 30.2 Å². The second-order valence-corrected chi connectivity index (χ2v) is 6.06. The topological polar surface area (TPSA) is 80.3 Å². The lowest BCUT2D eigenvalue weighted by Crippen LogP contribution is -2.28. The predicted octanol–water partition coefficient (Wildman–Crippen LogP) is 1.22. The van der Waals surface area contributed by atoms with Crippen LogP contribution in [0.25, 0.3) is 12.7 Å². The molecule has 5 nitrogen and oxygen atoms in total. The van der Waals surface area contributed by atoms with Crippen molar-refractivity contribution in [3.63, 3.8) is 0 Å². The van der Waals surface area contributed by atoms with Crippen LogP contribution in [-0.4, -0.2) is 22.2 Å². The van der Waals surface area contributed by atoms with Crippen molar-refractivity contribution in [2.75, 3.05) is 6.54 Å². The number of aromatic nitrogens is 1. The molecule has 128 valence electrons. The van der Waals surface area contributed by atoms with E-state index in [-0.39, 0.29) is 0 Å². The first kappa shape index (κ1) is 18.0. The Bertz CT molecular complexity index is 778. The third-order valence-electron chi connectivity index (χ3n) is 4.11. The first-order valence-corrected chi connectivity index (χ1v) is 8.14. The molecule has 1 aromatic heterocycles. The molecule has 1 heterocycles. The Morgan fingerprint density at radius 1 is 1.38 bits per heavy atom. The highest BCUT2D eigenvalue weighted by molar-refractivity contribution is 5.93. The van der Waals surface area contributed by atoms with Crippen molar-refractivity contribution in [1.29, 1.82) is 0 Å². The van der Waals surface area contributed by atoms with Crippen molar-refractivity contribution in [3.05, 3.63) is 58.2 Å². The van der Waals surface area contributed by atoms with Crippen LogP contribution in [0.4, 0.5) is 0 Å². The van der Waals surface area contributed by atoms with E-state index < -0.39 is 5.91 Å². The fourth-order valence-corrected chi connectivity index (χ4v) is 2.67. The lowest BCUT2D eigenvalue weighted by Gasteiger charge is -2.06. The largest absolute Gasteiger partial charge is 0.344 e. The molecule has 0 spiro atoms. The zero-order chi connectivity index (χ0) is 17.5. The molecule has 1 atom stereocenters. The molecular formula is C19H25N3O2. The summed E-state index contributed by atoms with van der Waals surface area (Å²) in [5.41, 5.74) is 8.67. The molecule has 0 fully saturated rings. The fourth-order valence-electron chi connectivity index (χ4n) is 2.67. The van der Waals surface area contributed by atoms with Crippen LogP contribution >= 0.6 is 0 Å². The van der Waals surface area contributed by atoms with Crippen LogP contribution in [0.15, 0.2) is 36.5 Å². The summed E-state index contributed by atoms with van der Waals surface area (Å²) in [6, 6.07) is 9.20. The van der Waals surface area contributed by atoms with Gasteiger partial charge in [0.25, 0.3) is 5.91 Å². The van der Waals surface area contributed by atoms with Crippen molar-refractivity contribution in [2.45, 2.75) is 26.3 Å². The van der Waals surface area contributed by atoms with Gasteiger partial charge in [-0.1, -0.05) is 31.7 Å². The lowest BCUT2D eigenvalue weighted by atomic mass is 10.0. The molecule has 0 radical (unpaired) electrons. The molecule has 1 amide bonds. The van der Waals surface area contributed by atoms with E-state index in [1.165, 1.54) is 0 Å². The van der Waals surface area contributed by atoms with E-state index in [0.717, 1.165) is 35.5 Å². The third kappa shape index (κ3) is 4.57. The third-order valence-corrected chi connectivity index (χ3v) is 4.11. The van der Waals surface area contributed by atoms with Crippen LogP contribution in [0.1, 0.15) is 35.7 Å². The standard InChI is InChI=1S/C19H25N3O2/c1-14(4-3-10-20)12-18-9-11-22(15(18)2)13-16-5-7-17(8-6-16)19(23)21-24/h5-9,11-12,14,24H,2-4,10,13,20H2,1H3,(H,21,23). The van der Waals surface area contributed by atoms with Crippen LogP contribution in [0.3, 0.4) is 0 Å². The summed E-state index contributed by atoms with van der Waals surface area (Å²) >= 11 is 0. The normalized spacial score (nSPS) is 13.0. The fraction of sp³-hybridized carbons (Fsp3) is 0.316. The highest BCUT2D eigenvalue weighted by Crippen LogP contribution is 2.07. The minimum absolute atomic E-state index is 0.423. The van der Waals surface area contributed by atoms with Crippen molar-refractivity contribution in [2.24, 2.45) is 11.7 Å². The molecule has 5 heteroatoms. The second kappa shape index (κ2) is 8.47. The molecule has 1 unspecified atom stereocenters. The molecule has 0 aliphatic rings. The highest BCUT2D eigenvalue weighted by Gasteiger charge is 2.04. The molecule has 0 bridgehead atoms. The number of nitrogens with zero attached hydrogens (tertiary/aromatic N) is 1. The van der Waals surface area contributed by atoms with Gasteiger partial charge in [0.2, 0.25) is 0 Å². The molecular weight excluding hydrogens is 302 g/mol. The van der Waals surface area contributed by atoms with Gasteiger partial charge < -0.3 is 10.3 Å². The average Bonchev–Trinajstić information content (AvgIpc) is 2.93. The average molecular weight is 327 g/mol. The minimum atomic E-state index is -0.510. The summed E-state index contributed by atoms with van der Waals surface area (Å²) in [5, 5.41) is 10.8. The molecule has 2 rings (SSSR count). The second-order valence-electron chi connectivity index (χ2n) is 6.06.